The Kier molecular flexibility index (Phi) is 50.9. The second-order valence-electron chi connectivity index (χ2n) is 17.7. The summed E-state index contributed by atoms with van der Waals surface area (Å²) >= 11 is 0. The normalized spacial score (nSPS) is 12.6. The molecule has 0 saturated carbocycles. The summed E-state index contributed by atoms with van der Waals surface area (Å²) < 4.78 is 17.4. The lowest BCUT2D eigenvalue weighted by molar-refractivity contribution is -0.163. The first kappa shape index (κ1) is 59.6. The van der Waals surface area contributed by atoms with Crippen LogP contribution >= 0.6 is 0 Å². The predicted molar refractivity (Wildman–Crippen MR) is 270 cm³/mol. The molecule has 0 N–H and O–H groups in total. The third-order valence-corrected chi connectivity index (χ3v) is 11.5. The lowest BCUT2D eigenvalue weighted by atomic mass is 10.1. The number of rotatable bonds is 49. The molecule has 0 aromatic rings. The maximum atomic E-state index is 12.8. The van der Waals surface area contributed by atoms with Crippen LogP contribution in [0.1, 0.15) is 265 Å². The molecule has 0 aromatic heterocycles. The number of ether oxygens (including phenoxy) is 3. The molecule has 1 atom stereocenters. The van der Waals surface area contributed by atoms with Gasteiger partial charge in [0.15, 0.2) is 6.10 Å². The van der Waals surface area contributed by atoms with E-state index in [1.165, 1.54) is 154 Å². The molecule has 0 aliphatic heterocycles. The summed E-state index contributed by atoms with van der Waals surface area (Å²) in [6.07, 6.45) is 66.6. The van der Waals surface area contributed by atoms with Crippen LogP contribution < -0.4 is 0 Å². The molecular formula is C57H102O5. The van der Waals surface area contributed by atoms with Crippen molar-refractivity contribution in [3.8, 4) is 0 Å². The molecule has 0 fully saturated rings. The molecule has 5 heteroatoms. The smallest absolute Gasteiger partial charge is 0.306 e. The second-order valence-corrected chi connectivity index (χ2v) is 17.7. The molecule has 1 unspecified atom stereocenters. The average Bonchev–Trinajstić information content (AvgIpc) is 3.27. The Bertz CT molecular complexity index is 1070. The molecule has 0 bridgehead atoms. The van der Waals surface area contributed by atoms with Crippen molar-refractivity contribution in [1.82, 2.24) is 0 Å². The average molecular weight is 867 g/mol. The summed E-state index contributed by atoms with van der Waals surface area (Å²) in [7, 11) is 0. The maximum Gasteiger partial charge on any atom is 0.306 e. The van der Waals surface area contributed by atoms with Gasteiger partial charge in [-0.3, -0.25) is 9.59 Å². The lowest BCUT2D eigenvalue weighted by Gasteiger charge is -2.18. The highest BCUT2D eigenvalue weighted by Gasteiger charge is 2.17. The van der Waals surface area contributed by atoms with Gasteiger partial charge in [0, 0.05) is 19.4 Å². The van der Waals surface area contributed by atoms with Gasteiger partial charge in [0.25, 0.3) is 0 Å². The van der Waals surface area contributed by atoms with Crippen LogP contribution in [0.4, 0.5) is 0 Å². The zero-order valence-electron chi connectivity index (χ0n) is 41.4. The number of carbonyl (C=O) groups is 2. The number of hydrogen-bond donors (Lipinski definition) is 0. The van der Waals surface area contributed by atoms with Crippen LogP contribution in [0.25, 0.3) is 0 Å². The SMILES string of the molecule is CC/C=C\C/C=C\C/C=C\CCCCCCCC(=O)OC(COCCCCCCCC/C=C\CCCCCC)COC(=O)CCCCCCCCC/C=C\CCCCCCCC. The van der Waals surface area contributed by atoms with Crippen LogP contribution in [0.15, 0.2) is 60.8 Å². The van der Waals surface area contributed by atoms with Gasteiger partial charge >= 0.3 is 11.9 Å². The first-order chi connectivity index (χ1) is 30.6. The summed E-state index contributed by atoms with van der Waals surface area (Å²) in [5.41, 5.74) is 0. The number of esters is 2. The van der Waals surface area contributed by atoms with E-state index in [2.05, 4.69) is 81.5 Å². The minimum absolute atomic E-state index is 0.0738. The van der Waals surface area contributed by atoms with Crippen LogP contribution in [-0.4, -0.2) is 37.9 Å². The van der Waals surface area contributed by atoms with Crippen molar-refractivity contribution in [2.45, 2.75) is 271 Å². The van der Waals surface area contributed by atoms with E-state index in [0.717, 1.165) is 77.0 Å². The fourth-order valence-corrected chi connectivity index (χ4v) is 7.51. The molecular weight excluding hydrogens is 765 g/mol. The van der Waals surface area contributed by atoms with E-state index in [-0.39, 0.29) is 25.2 Å². The van der Waals surface area contributed by atoms with Gasteiger partial charge in [-0.1, -0.05) is 210 Å². The van der Waals surface area contributed by atoms with Crippen LogP contribution in [0.2, 0.25) is 0 Å². The molecule has 0 heterocycles. The van der Waals surface area contributed by atoms with Crippen molar-refractivity contribution in [2.75, 3.05) is 19.8 Å². The summed E-state index contributed by atoms with van der Waals surface area (Å²) in [6.45, 7) is 7.69. The molecule has 0 rings (SSSR count). The van der Waals surface area contributed by atoms with Gasteiger partial charge in [-0.15, -0.1) is 0 Å². The van der Waals surface area contributed by atoms with E-state index in [1.54, 1.807) is 0 Å². The highest BCUT2D eigenvalue weighted by molar-refractivity contribution is 5.70. The summed E-state index contributed by atoms with van der Waals surface area (Å²) in [6, 6.07) is 0. The summed E-state index contributed by atoms with van der Waals surface area (Å²) in [5.74, 6) is -0.418. The van der Waals surface area contributed by atoms with Gasteiger partial charge in [-0.05, 0) is 103 Å². The zero-order chi connectivity index (χ0) is 44.9. The molecule has 0 spiro atoms. The van der Waals surface area contributed by atoms with Crippen LogP contribution in [-0.2, 0) is 23.8 Å². The quantitative estimate of drug-likeness (QED) is 0.0346. The van der Waals surface area contributed by atoms with Gasteiger partial charge in [-0.2, -0.15) is 0 Å². The topological polar surface area (TPSA) is 61.8 Å². The largest absolute Gasteiger partial charge is 0.462 e. The molecule has 360 valence electrons. The first-order valence-electron chi connectivity index (χ1n) is 26.8. The predicted octanol–water partition coefficient (Wildman–Crippen LogP) is 18.1. The number of unbranched alkanes of at least 4 members (excludes halogenated alkanes) is 28. The molecule has 62 heavy (non-hydrogen) atoms. The fourth-order valence-electron chi connectivity index (χ4n) is 7.51. The minimum atomic E-state index is -0.550. The highest BCUT2D eigenvalue weighted by Crippen LogP contribution is 2.14. The van der Waals surface area contributed by atoms with E-state index < -0.39 is 6.10 Å². The molecule has 0 aromatic carbocycles. The number of carbonyl (C=O) groups excluding carboxylic acids is 2. The van der Waals surface area contributed by atoms with E-state index in [1.807, 2.05) is 0 Å². The van der Waals surface area contributed by atoms with Crippen LogP contribution in [0.5, 0.6) is 0 Å². The highest BCUT2D eigenvalue weighted by atomic mass is 16.6. The van der Waals surface area contributed by atoms with Crippen LogP contribution in [0.3, 0.4) is 0 Å². The van der Waals surface area contributed by atoms with E-state index >= 15 is 0 Å². The Morgan fingerprint density at radius 3 is 1.19 bits per heavy atom. The Morgan fingerprint density at radius 1 is 0.371 bits per heavy atom. The van der Waals surface area contributed by atoms with Gasteiger partial charge in [0.1, 0.15) is 6.61 Å². The summed E-state index contributed by atoms with van der Waals surface area (Å²) in [4.78, 5) is 25.4. The van der Waals surface area contributed by atoms with E-state index in [4.69, 9.17) is 14.2 Å². The van der Waals surface area contributed by atoms with Crippen molar-refractivity contribution >= 4 is 11.9 Å². The monoisotopic (exact) mass is 867 g/mol. The van der Waals surface area contributed by atoms with Crippen molar-refractivity contribution in [3.63, 3.8) is 0 Å². The zero-order valence-corrected chi connectivity index (χ0v) is 41.4. The Hall–Kier alpha value is -2.40. The molecule has 0 radical (unpaired) electrons. The molecule has 0 amide bonds. The first-order valence-corrected chi connectivity index (χ1v) is 26.8. The summed E-state index contributed by atoms with van der Waals surface area (Å²) in [5, 5.41) is 0. The molecule has 0 aliphatic rings. The van der Waals surface area contributed by atoms with Crippen molar-refractivity contribution < 1.29 is 23.8 Å². The van der Waals surface area contributed by atoms with Crippen molar-refractivity contribution in [3.05, 3.63) is 60.8 Å². The lowest BCUT2D eigenvalue weighted by Crippen LogP contribution is -2.30. The van der Waals surface area contributed by atoms with Gasteiger partial charge in [0.2, 0.25) is 0 Å². The van der Waals surface area contributed by atoms with E-state index in [0.29, 0.717) is 19.4 Å². The fraction of sp³-hybridized carbons (Fsp3) is 0.789. The third kappa shape index (κ3) is 50.2. The van der Waals surface area contributed by atoms with Gasteiger partial charge in [0.05, 0.1) is 6.61 Å². The number of allylic oxidation sites excluding steroid dienone is 10. The molecule has 5 nitrogen and oxygen atoms in total. The Balaban J connectivity index is 4.29. The van der Waals surface area contributed by atoms with Crippen molar-refractivity contribution in [1.29, 1.82) is 0 Å². The number of hydrogen-bond acceptors (Lipinski definition) is 5. The van der Waals surface area contributed by atoms with Crippen molar-refractivity contribution in [2.24, 2.45) is 0 Å². The molecule has 0 saturated heterocycles. The van der Waals surface area contributed by atoms with E-state index in [9.17, 15) is 9.59 Å². The maximum absolute atomic E-state index is 12.8. The minimum Gasteiger partial charge on any atom is -0.462 e. The van der Waals surface area contributed by atoms with Gasteiger partial charge in [-0.25, -0.2) is 0 Å². The Morgan fingerprint density at radius 2 is 0.726 bits per heavy atom. The van der Waals surface area contributed by atoms with Gasteiger partial charge < -0.3 is 14.2 Å². The molecule has 0 aliphatic carbocycles. The Labute approximate surface area is 385 Å². The second kappa shape index (κ2) is 52.9. The standard InChI is InChI=1S/C57H102O5/c1-4-7-10-13-16-19-22-25-28-29-31-32-35-38-41-44-47-50-56(58)61-54-55(53-60-52-49-46-43-40-37-34-27-24-21-18-15-12-9-6-3)62-57(59)51-48-45-42-39-36-33-30-26-23-20-17-14-11-8-5-2/h8,11,17,20-21,24-26,28,30,55H,4-7,9-10,12-16,18-19,22-23,27,29,31-54H2,1-3H3/b11-8-,20-17-,24-21-,28-25-,30-26-. The third-order valence-electron chi connectivity index (χ3n) is 11.5. The van der Waals surface area contributed by atoms with Crippen LogP contribution in [0, 0.1) is 0 Å².